The molecule has 37 N–H and O–H groups in total. The molecule has 3 aromatic rings. The van der Waals surface area contributed by atoms with E-state index in [0.717, 1.165) is 13.8 Å². The van der Waals surface area contributed by atoms with Gasteiger partial charge in [0.15, 0.2) is 5.96 Å². The first-order chi connectivity index (χ1) is 70.4. The Morgan fingerprint density at radius 3 is 1.37 bits per heavy atom. The number of para-hydroxylation sites is 1. The minimum Gasteiger partial charge on any atom is -0.394 e. The highest BCUT2D eigenvalue weighted by Gasteiger charge is 2.45. The number of H-pyrrole nitrogens is 1. The number of aliphatic hydroxyl groups is 2. The first-order valence-electron chi connectivity index (χ1n) is 49.9. The number of benzene rings is 2. The molecule has 0 fully saturated rings. The summed E-state index contributed by atoms with van der Waals surface area (Å²) in [6.45, 7) is 13.8. The molecule has 23 amide bonds. The van der Waals surface area contributed by atoms with Crippen molar-refractivity contribution in [1.82, 2.24) is 95.4 Å². The van der Waals surface area contributed by atoms with E-state index in [0.29, 0.717) is 47.7 Å². The van der Waals surface area contributed by atoms with Crippen LogP contribution in [0.5, 0.6) is 0 Å². The van der Waals surface area contributed by atoms with Crippen LogP contribution in [0.25, 0.3) is 10.9 Å². The van der Waals surface area contributed by atoms with Gasteiger partial charge in [-0.2, -0.15) is 0 Å². The predicted octanol–water partition coefficient (Wildman–Crippen LogP) is -6.34. The minimum atomic E-state index is -2.21. The van der Waals surface area contributed by atoms with Gasteiger partial charge in [0.25, 0.3) is 0 Å². The normalized spacial score (nSPS) is 20.8. The van der Waals surface area contributed by atoms with Crippen molar-refractivity contribution < 1.29 is 120 Å². The SMILES string of the molecule is CC(=O)N[C@@H](CCC(N)=O)C(=O)N[C@@H](CO)C(=O)N[C@@H](CCC(N)=O)C(=O)N[C@@H](CCC(N)=O)C(=O)N[C@H](C(=O)N[C@@H](Cc1ccccc1)C(=O)N[C@]1(C)CCCCCC/C=C\CCC[C@@](C)(C(=O)N[C@@H](CCC(N)=O)C(=O)N[C@@H](CC(N)=O)C(N)=O)NC(=O)[C@H](CC(C)C)NC(=O)[C@H](CC(C)C)NC(=O)[C@H](CCCNC(=N)N)NC(=O)[C@H](Cc2c[nH]c3ccccc23)NC(=O)[C@H](CC(C)C)NC(=O)[C@H](CC(N)=O)NC1=O)[C@@H](C)O. The van der Waals surface area contributed by atoms with Crippen molar-refractivity contribution in [2.45, 2.75) is 338 Å². The maximum atomic E-state index is 15.7. The van der Waals surface area contributed by atoms with Gasteiger partial charge in [-0.05, 0) is 152 Å². The molecule has 4 rings (SSSR count). The quantitative estimate of drug-likeness (QED) is 0.0108. The van der Waals surface area contributed by atoms with Crippen LogP contribution in [0.15, 0.2) is 72.9 Å². The number of carbonyl (C=O) groups excluding carboxylic acids is 23. The molecule has 0 spiro atoms. The van der Waals surface area contributed by atoms with E-state index in [9.17, 15) is 72.5 Å². The van der Waals surface area contributed by atoms with E-state index in [4.69, 9.17) is 51.3 Å². The predicted molar refractivity (Wildman–Crippen MR) is 545 cm³/mol. The number of rotatable bonds is 50. The van der Waals surface area contributed by atoms with Crippen molar-refractivity contribution in [1.29, 1.82) is 5.41 Å². The number of carbonyl (C=O) groups is 23. The number of primary amides is 7. The first-order valence-corrected chi connectivity index (χ1v) is 49.9. The number of amides is 23. The Morgan fingerprint density at radius 1 is 0.447 bits per heavy atom. The van der Waals surface area contributed by atoms with E-state index >= 15 is 47.9 Å². The monoisotopic (exact) mass is 2110 g/mol. The third kappa shape index (κ3) is 46.0. The Bertz CT molecular complexity index is 5250. The van der Waals surface area contributed by atoms with E-state index in [1.807, 2.05) is 6.08 Å². The Balaban J connectivity index is 1.96. The molecular weight excluding hydrogens is 1960 g/mol. The number of nitrogens with two attached hydrogens (primary N) is 8. The van der Waals surface area contributed by atoms with Crippen LogP contribution in [0.3, 0.4) is 0 Å². The largest absolute Gasteiger partial charge is 0.394 e. The summed E-state index contributed by atoms with van der Waals surface area (Å²) in [7, 11) is 0. The second-order valence-electron chi connectivity index (χ2n) is 39.2. The average molecular weight is 2110 g/mol. The lowest BCUT2D eigenvalue weighted by Gasteiger charge is -2.34. The van der Waals surface area contributed by atoms with Gasteiger partial charge in [0, 0.05) is 69.1 Å². The van der Waals surface area contributed by atoms with E-state index < -0.39 is 320 Å². The van der Waals surface area contributed by atoms with Gasteiger partial charge in [0.05, 0.1) is 25.6 Å². The Hall–Kier alpha value is -15.3. The summed E-state index contributed by atoms with van der Waals surface area (Å²) < 4.78 is 0. The molecule has 0 saturated heterocycles. The van der Waals surface area contributed by atoms with Crippen LogP contribution in [-0.2, 0) is 123 Å². The van der Waals surface area contributed by atoms with Crippen molar-refractivity contribution in [3.63, 3.8) is 0 Å². The maximum Gasteiger partial charge on any atom is 0.246 e. The second kappa shape index (κ2) is 63.4. The molecule has 0 aliphatic carbocycles. The number of hydrogen-bond acceptors (Lipinski definition) is 26. The third-order valence-electron chi connectivity index (χ3n) is 24.4. The van der Waals surface area contributed by atoms with Crippen molar-refractivity contribution in [2.75, 3.05) is 13.2 Å². The average Bonchev–Trinajstić information content (AvgIpc) is 1.48. The summed E-state index contributed by atoms with van der Waals surface area (Å²) >= 11 is 0. The molecule has 0 bridgehead atoms. The Morgan fingerprint density at radius 2 is 0.880 bits per heavy atom. The van der Waals surface area contributed by atoms with Crippen molar-refractivity contribution >= 4 is 153 Å². The third-order valence-corrected chi connectivity index (χ3v) is 24.4. The van der Waals surface area contributed by atoms with Crippen molar-refractivity contribution in [3.8, 4) is 0 Å². The molecule has 2 aromatic carbocycles. The van der Waals surface area contributed by atoms with Gasteiger partial charge in [-0.25, -0.2) is 0 Å². The van der Waals surface area contributed by atoms with Crippen LogP contribution in [0, 0.1) is 23.2 Å². The van der Waals surface area contributed by atoms with Crippen molar-refractivity contribution in [2.24, 2.45) is 63.6 Å². The number of aliphatic hydroxyl groups excluding tert-OH is 2. The lowest BCUT2D eigenvalue weighted by atomic mass is 9.91. The van der Waals surface area contributed by atoms with Crippen LogP contribution in [0.2, 0.25) is 0 Å². The summed E-state index contributed by atoms with van der Waals surface area (Å²) in [6, 6.07) is -9.53. The molecule has 1 aliphatic rings. The van der Waals surface area contributed by atoms with Gasteiger partial charge in [-0.15, -0.1) is 0 Å². The van der Waals surface area contributed by atoms with Gasteiger partial charge >= 0.3 is 0 Å². The first kappa shape index (κ1) is 127. The van der Waals surface area contributed by atoms with E-state index in [1.54, 1.807) is 108 Å². The molecule has 52 heteroatoms. The standard InChI is InChI=1S/C98H153N27O25/c1-51(2)42-66-86(141)117-68(44-53(5)6)91(146)124-97(9,94(149)121-64(34-38-76(102)132)84(139)114-65(80(105)135)47-77(103)133)39-23-16-14-12-11-13-15-17-24-40-98(10,95(150)122-71(48-78(104)134)89(144)116-67(43-52(3)4)87(142)118-70(46-57-49-109-59-29-22-21-28-58(57)59)88(143)111-60(81(136)115-66)30-25-41-108-96(106)107)125-92(147)69(45-56-26-19-18-20-27-56)119-93(148)79(54(7)127)123-85(140)63(33-37-75(101)131)112-83(138)62(32-36-74(100)130)113-90(145)72(50-126)120-82(137)61(110-55(8)128)31-35-73(99)129/h12,14,18-22,26-29,49,51-54,60-72,79,109,126-127H,11,13,15-17,23-25,30-48,50H2,1-10H3,(H2,99,129)(H2,100,130)(H2,101,131)(H2,102,132)(H2,103,133)(H2,104,134)(H2,105,135)(H,110,128)(H,111,143)(H,112,138)(H,113,145)(H,114,139)(H,115,136)(H,116,144)(H,117,141)(H,118,142)(H,119,148)(H,120,137)(H,121,149)(H,122,150)(H,123,140)(H,124,146)(H,125,147)(H4,106,107,108)/b14-12-/t54-,60+,61+,62+,63+,64+,65+,66+,67+,68+,69+,70+,71+,72+,79+,97+,98-/m1/s1. The fourth-order valence-corrected chi connectivity index (χ4v) is 16.3. The lowest BCUT2D eigenvalue weighted by molar-refractivity contribution is -0.139. The van der Waals surface area contributed by atoms with Crippen LogP contribution in [0.4, 0.5) is 0 Å². The number of allylic oxidation sites excluding steroid dienone is 2. The molecule has 1 aromatic heterocycles. The summed E-state index contributed by atoms with van der Waals surface area (Å²) in [5.41, 5.74) is 41.3. The zero-order chi connectivity index (χ0) is 113. The Kier molecular flexibility index (Phi) is 53.7. The zero-order valence-electron chi connectivity index (χ0n) is 86.5. The summed E-state index contributed by atoms with van der Waals surface area (Å²) in [5, 5.41) is 73.2. The molecule has 830 valence electrons. The van der Waals surface area contributed by atoms with Gasteiger partial charge < -0.3 is 151 Å². The number of nitrogens with one attached hydrogen (secondary N) is 19. The zero-order valence-corrected chi connectivity index (χ0v) is 86.5. The molecule has 0 radical (unpaired) electrons. The van der Waals surface area contributed by atoms with Crippen LogP contribution < -0.4 is 136 Å². The lowest BCUT2D eigenvalue weighted by Crippen LogP contribution is -2.65. The number of fused-ring (bicyclic) bond motifs is 1. The van der Waals surface area contributed by atoms with Crippen LogP contribution in [-0.4, -0.2) is 272 Å². The summed E-state index contributed by atoms with van der Waals surface area (Å²) in [5.74, 6) is -26.4. The second-order valence-corrected chi connectivity index (χ2v) is 39.2. The van der Waals surface area contributed by atoms with Gasteiger partial charge in [-0.1, -0.05) is 121 Å². The van der Waals surface area contributed by atoms with E-state index in [-0.39, 0.29) is 95.4 Å². The minimum absolute atomic E-state index is 0.00685. The van der Waals surface area contributed by atoms with Gasteiger partial charge in [0.1, 0.15) is 95.7 Å². The fraction of sp³-hybridized carbons (Fsp3) is 0.592. The molecule has 1 aliphatic heterocycles. The Labute approximate surface area is 868 Å². The van der Waals surface area contributed by atoms with Crippen LogP contribution >= 0.6 is 0 Å². The highest BCUT2D eigenvalue weighted by molar-refractivity contribution is 6.04. The smallest absolute Gasteiger partial charge is 0.246 e. The van der Waals surface area contributed by atoms with Crippen LogP contribution in [0.1, 0.15) is 234 Å². The summed E-state index contributed by atoms with van der Waals surface area (Å²) in [6.07, 6.45) is -2.80. The molecule has 0 unspecified atom stereocenters. The fourth-order valence-electron chi connectivity index (χ4n) is 16.3. The number of guanidine groups is 1. The van der Waals surface area contributed by atoms with E-state index in [2.05, 4.69) is 95.4 Å². The molecule has 0 saturated carbocycles. The molecule has 150 heavy (non-hydrogen) atoms. The van der Waals surface area contributed by atoms with Crippen molar-refractivity contribution in [3.05, 3.63) is 84.1 Å². The highest BCUT2D eigenvalue weighted by atomic mass is 16.3. The number of aromatic amines is 1. The van der Waals surface area contributed by atoms with Gasteiger partial charge in [-0.3, -0.25) is 116 Å². The summed E-state index contributed by atoms with van der Waals surface area (Å²) in [4.78, 5) is 325. The number of aromatic nitrogens is 1. The molecule has 2 heterocycles. The number of hydrogen-bond donors (Lipinski definition) is 29. The molecular formula is C98H153N27O25. The maximum absolute atomic E-state index is 15.7. The van der Waals surface area contributed by atoms with E-state index in [1.165, 1.54) is 13.8 Å². The molecule has 52 nitrogen and oxygen atoms in total. The topological polar surface area (TPSA) is 885 Å². The van der Waals surface area contributed by atoms with Gasteiger partial charge in [0.2, 0.25) is 136 Å². The molecule has 17 atom stereocenters. The highest BCUT2D eigenvalue weighted by Crippen LogP contribution is 2.25.